The molecule has 0 aliphatic rings. The normalized spacial score (nSPS) is 10.4. The number of hydrogen-bond donors (Lipinski definition) is 0. The van der Waals surface area contributed by atoms with Crippen molar-refractivity contribution in [2.24, 2.45) is 0 Å². The van der Waals surface area contributed by atoms with Crippen molar-refractivity contribution in [3.8, 4) is 5.75 Å². The van der Waals surface area contributed by atoms with Crippen molar-refractivity contribution in [2.45, 2.75) is 20.4 Å². The highest BCUT2D eigenvalue weighted by molar-refractivity contribution is 6.30. The van der Waals surface area contributed by atoms with Gasteiger partial charge in [0.25, 0.3) is 5.91 Å². The Morgan fingerprint density at radius 3 is 2.68 bits per heavy atom. The van der Waals surface area contributed by atoms with E-state index in [-0.39, 0.29) is 12.5 Å². The predicted molar refractivity (Wildman–Crippen MR) is 89.3 cm³/mol. The number of ether oxygens (including phenoxy) is 1. The average molecular weight is 318 g/mol. The fraction of sp³-hybridized carbons (Fsp3) is 0.278. The third kappa shape index (κ3) is 4.50. The van der Waals surface area contributed by atoms with Crippen molar-refractivity contribution >= 4 is 17.5 Å². The Morgan fingerprint density at radius 1 is 1.18 bits per heavy atom. The zero-order chi connectivity index (χ0) is 16.1. The third-order valence-corrected chi connectivity index (χ3v) is 3.66. The highest BCUT2D eigenvalue weighted by atomic mass is 35.5. The third-order valence-electron chi connectivity index (χ3n) is 3.43. The lowest BCUT2D eigenvalue weighted by atomic mass is 10.1. The summed E-state index contributed by atoms with van der Waals surface area (Å²) in [6.07, 6.45) is 0. The maximum absolute atomic E-state index is 12.2. The molecular weight excluding hydrogens is 298 g/mol. The summed E-state index contributed by atoms with van der Waals surface area (Å²) in [5, 5.41) is 0.671. The maximum Gasteiger partial charge on any atom is 0.260 e. The molecule has 2 aromatic rings. The molecule has 0 saturated heterocycles. The summed E-state index contributed by atoms with van der Waals surface area (Å²) in [5.74, 6) is 0.686. The van der Waals surface area contributed by atoms with E-state index >= 15 is 0 Å². The van der Waals surface area contributed by atoms with Crippen LogP contribution in [0.15, 0.2) is 42.5 Å². The van der Waals surface area contributed by atoms with Crippen molar-refractivity contribution in [3.05, 3.63) is 64.2 Å². The Morgan fingerprint density at radius 2 is 1.95 bits per heavy atom. The number of hydrogen-bond acceptors (Lipinski definition) is 2. The van der Waals surface area contributed by atoms with Crippen LogP contribution in [0, 0.1) is 13.8 Å². The largest absolute Gasteiger partial charge is 0.483 e. The van der Waals surface area contributed by atoms with E-state index in [0.717, 1.165) is 22.4 Å². The Hall–Kier alpha value is -2.00. The summed E-state index contributed by atoms with van der Waals surface area (Å²) >= 11 is 5.95. The Labute approximate surface area is 136 Å². The Kier molecular flexibility index (Phi) is 5.45. The van der Waals surface area contributed by atoms with Gasteiger partial charge in [-0.2, -0.15) is 0 Å². The van der Waals surface area contributed by atoms with E-state index in [2.05, 4.69) is 0 Å². The average Bonchev–Trinajstić information content (AvgIpc) is 2.47. The van der Waals surface area contributed by atoms with Crippen LogP contribution < -0.4 is 4.74 Å². The molecule has 0 saturated carbocycles. The number of rotatable bonds is 5. The van der Waals surface area contributed by atoms with Crippen LogP contribution in [0.4, 0.5) is 0 Å². The molecule has 0 aliphatic heterocycles. The molecule has 0 N–H and O–H groups in total. The molecule has 116 valence electrons. The number of carbonyl (C=O) groups is 1. The molecule has 0 heterocycles. The number of halogens is 1. The second-order valence-electron chi connectivity index (χ2n) is 5.44. The first-order valence-electron chi connectivity index (χ1n) is 7.14. The van der Waals surface area contributed by atoms with Crippen LogP contribution in [-0.2, 0) is 11.3 Å². The lowest BCUT2D eigenvalue weighted by molar-refractivity contribution is -0.132. The highest BCUT2D eigenvalue weighted by Gasteiger charge is 2.11. The van der Waals surface area contributed by atoms with E-state index in [1.807, 2.05) is 56.3 Å². The summed E-state index contributed by atoms with van der Waals surface area (Å²) in [5.41, 5.74) is 3.13. The first-order valence-corrected chi connectivity index (χ1v) is 7.52. The first kappa shape index (κ1) is 16.4. The van der Waals surface area contributed by atoms with E-state index in [0.29, 0.717) is 11.6 Å². The molecule has 4 heteroatoms. The van der Waals surface area contributed by atoms with Crippen molar-refractivity contribution < 1.29 is 9.53 Å². The van der Waals surface area contributed by atoms with E-state index in [9.17, 15) is 4.79 Å². The van der Waals surface area contributed by atoms with Crippen LogP contribution in [-0.4, -0.2) is 24.5 Å². The maximum atomic E-state index is 12.2. The Balaban J connectivity index is 1.92. The second-order valence-corrected chi connectivity index (χ2v) is 5.87. The number of benzene rings is 2. The summed E-state index contributed by atoms with van der Waals surface area (Å²) in [6, 6.07) is 13.5. The van der Waals surface area contributed by atoms with Crippen LogP contribution in [0.2, 0.25) is 5.02 Å². The molecule has 0 spiro atoms. The molecule has 0 radical (unpaired) electrons. The fourth-order valence-corrected chi connectivity index (χ4v) is 2.32. The molecular formula is C18H20ClNO2. The summed E-state index contributed by atoms with van der Waals surface area (Å²) < 4.78 is 5.64. The zero-order valence-corrected chi connectivity index (χ0v) is 13.9. The monoisotopic (exact) mass is 317 g/mol. The quantitative estimate of drug-likeness (QED) is 0.834. The molecule has 0 aromatic heterocycles. The number of carbonyl (C=O) groups excluding carboxylic acids is 1. The fourth-order valence-electron chi connectivity index (χ4n) is 2.11. The van der Waals surface area contributed by atoms with Crippen LogP contribution in [0.5, 0.6) is 5.75 Å². The minimum Gasteiger partial charge on any atom is -0.483 e. The highest BCUT2D eigenvalue weighted by Crippen LogP contribution is 2.19. The number of amides is 1. The molecule has 3 nitrogen and oxygen atoms in total. The van der Waals surface area contributed by atoms with Gasteiger partial charge in [0.1, 0.15) is 5.75 Å². The molecule has 0 unspecified atom stereocenters. The van der Waals surface area contributed by atoms with Gasteiger partial charge < -0.3 is 9.64 Å². The van der Waals surface area contributed by atoms with Crippen LogP contribution in [0.25, 0.3) is 0 Å². The topological polar surface area (TPSA) is 29.5 Å². The van der Waals surface area contributed by atoms with Crippen molar-refractivity contribution in [3.63, 3.8) is 0 Å². The molecule has 1 amide bonds. The van der Waals surface area contributed by atoms with Gasteiger partial charge in [0.05, 0.1) is 0 Å². The van der Waals surface area contributed by atoms with E-state index in [1.54, 1.807) is 11.9 Å². The summed E-state index contributed by atoms with van der Waals surface area (Å²) in [7, 11) is 1.76. The van der Waals surface area contributed by atoms with Gasteiger partial charge in [-0.15, -0.1) is 0 Å². The number of aryl methyl sites for hydroxylation is 2. The van der Waals surface area contributed by atoms with Crippen molar-refractivity contribution in [1.82, 2.24) is 4.90 Å². The van der Waals surface area contributed by atoms with Gasteiger partial charge in [0.2, 0.25) is 0 Å². The lowest BCUT2D eigenvalue weighted by Gasteiger charge is -2.18. The van der Waals surface area contributed by atoms with Crippen molar-refractivity contribution in [1.29, 1.82) is 0 Å². The summed E-state index contributed by atoms with van der Waals surface area (Å²) in [4.78, 5) is 13.8. The van der Waals surface area contributed by atoms with Crippen LogP contribution in [0.3, 0.4) is 0 Å². The smallest absolute Gasteiger partial charge is 0.260 e. The predicted octanol–water partition coefficient (Wildman–Crippen LogP) is 3.99. The first-order chi connectivity index (χ1) is 10.5. The van der Waals surface area contributed by atoms with Gasteiger partial charge in [-0.05, 0) is 48.7 Å². The minimum atomic E-state index is -0.0686. The molecule has 2 aromatic carbocycles. The summed E-state index contributed by atoms with van der Waals surface area (Å²) in [6.45, 7) is 4.51. The van der Waals surface area contributed by atoms with E-state index in [4.69, 9.17) is 16.3 Å². The molecule has 22 heavy (non-hydrogen) atoms. The SMILES string of the molecule is Cc1ccc(C)c(OCC(=O)N(C)Cc2cccc(Cl)c2)c1. The van der Waals surface area contributed by atoms with Gasteiger partial charge in [-0.25, -0.2) is 0 Å². The van der Waals surface area contributed by atoms with Gasteiger partial charge in [0.15, 0.2) is 6.61 Å². The lowest BCUT2D eigenvalue weighted by Crippen LogP contribution is -2.31. The van der Waals surface area contributed by atoms with Gasteiger partial charge >= 0.3 is 0 Å². The van der Waals surface area contributed by atoms with Crippen molar-refractivity contribution in [2.75, 3.05) is 13.7 Å². The number of nitrogens with zero attached hydrogens (tertiary/aromatic N) is 1. The number of likely N-dealkylation sites (N-methyl/N-ethyl adjacent to an activating group) is 1. The Bertz CT molecular complexity index is 670. The van der Waals surface area contributed by atoms with Crippen LogP contribution >= 0.6 is 11.6 Å². The molecule has 0 fully saturated rings. The standard InChI is InChI=1S/C18H20ClNO2/c1-13-7-8-14(2)17(9-13)22-12-18(21)20(3)11-15-5-4-6-16(19)10-15/h4-10H,11-12H2,1-3H3. The zero-order valence-electron chi connectivity index (χ0n) is 13.1. The van der Waals surface area contributed by atoms with Gasteiger partial charge in [-0.3, -0.25) is 4.79 Å². The second kappa shape index (κ2) is 7.32. The molecule has 0 bridgehead atoms. The van der Waals surface area contributed by atoms with E-state index in [1.165, 1.54) is 0 Å². The molecule has 2 rings (SSSR count). The van der Waals surface area contributed by atoms with Gasteiger partial charge in [-0.1, -0.05) is 35.9 Å². The molecule has 0 atom stereocenters. The minimum absolute atomic E-state index is 0.0291. The molecule has 0 aliphatic carbocycles. The van der Waals surface area contributed by atoms with Crippen LogP contribution in [0.1, 0.15) is 16.7 Å². The van der Waals surface area contributed by atoms with E-state index < -0.39 is 0 Å². The van der Waals surface area contributed by atoms with Gasteiger partial charge in [0, 0.05) is 18.6 Å².